The number of hydrogen-bond donors (Lipinski definition) is 0. The number of benzene rings is 1. The molecule has 1 aliphatic heterocycles. The van der Waals surface area contributed by atoms with Crippen LogP contribution in [0.15, 0.2) is 71.9 Å². The minimum atomic E-state index is -0.426. The van der Waals surface area contributed by atoms with Crippen molar-refractivity contribution in [2.75, 3.05) is 32.8 Å². The number of aryl methyl sites for hydroxylation is 3. The molecule has 0 spiro atoms. The van der Waals surface area contributed by atoms with Gasteiger partial charge in [-0.1, -0.05) is 18.2 Å². The molecule has 4 aromatic rings. The third-order valence-electron chi connectivity index (χ3n) is 8.03. The van der Waals surface area contributed by atoms with E-state index in [9.17, 15) is 14.4 Å². The molecule has 45 heavy (non-hydrogen) atoms. The smallest absolute Gasteiger partial charge is 0.348 e. The third kappa shape index (κ3) is 8.65. The lowest BCUT2D eigenvalue weighted by Gasteiger charge is -2.26. The minimum Gasteiger partial charge on any atom is -0.494 e. The molecule has 0 unspecified atom stereocenters. The number of amides is 2. The molecule has 236 valence electrons. The minimum absolute atomic E-state index is 0.0771. The molecule has 0 atom stereocenters. The van der Waals surface area contributed by atoms with E-state index in [1.807, 2.05) is 65.1 Å². The van der Waals surface area contributed by atoms with Crippen LogP contribution in [0.2, 0.25) is 0 Å². The van der Waals surface area contributed by atoms with Crippen molar-refractivity contribution >= 4 is 11.8 Å². The molecule has 4 heterocycles. The summed E-state index contributed by atoms with van der Waals surface area (Å²) >= 11 is 0. The summed E-state index contributed by atoms with van der Waals surface area (Å²) in [6, 6.07) is 15.4. The summed E-state index contributed by atoms with van der Waals surface area (Å²) in [5.74, 6) is 1.46. The van der Waals surface area contributed by atoms with Crippen molar-refractivity contribution in [3.8, 4) is 17.1 Å². The van der Waals surface area contributed by atoms with E-state index < -0.39 is 5.69 Å². The van der Waals surface area contributed by atoms with Gasteiger partial charge in [0.05, 0.1) is 6.61 Å². The maximum Gasteiger partial charge on any atom is 0.348 e. The number of nitrogens with zero attached hydrogens (tertiary/aromatic N) is 7. The van der Waals surface area contributed by atoms with Crippen LogP contribution in [0.1, 0.15) is 42.8 Å². The lowest BCUT2D eigenvalue weighted by atomic mass is 10.2. The van der Waals surface area contributed by atoms with E-state index >= 15 is 0 Å². The molecule has 0 N–H and O–H groups in total. The quantitative estimate of drug-likeness (QED) is 0.338. The maximum atomic E-state index is 13.7. The van der Waals surface area contributed by atoms with E-state index in [-0.39, 0.29) is 18.4 Å². The molecule has 11 nitrogen and oxygen atoms in total. The lowest BCUT2D eigenvalue weighted by Crippen LogP contribution is -2.40. The van der Waals surface area contributed by atoms with Crippen LogP contribution in [0, 0.1) is 13.8 Å². The van der Waals surface area contributed by atoms with Crippen LogP contribution in [0.4, 0.5) is 0 Å². The number of imidazole rings is 1. The van der Waals surface area contributed by atoms with Crippen LogP contribution in [0.3, 0.4) is 0 Å². The van der Waals surface area contributed by atoms with Crippen molar-refractivity contribution in [1.29, 1.82) is 0 Å². The fourth-order valence-corrected chi connectivity index (χ4v) is 5.62. The second-order valence-electron chi connectivity index (χ2n) is 11.4. The number of fused-ring (bicyclic) bond motifs is 4. The first-order valence-corrected chi connectivity index (χ1v) is 15.6. The first-order valence-electron chi connectivity index (χ1n) is 15.6. The van der Waals surface area contributed by atoms with Gasteiger partial charge in [-0.2, -0.15) is 4.98 Å². The SMILES string of the molecule is Cc1cc(C)n(CC(=O)N2CCCCN(C(=O)CCc3ccccn3)CCCOc3cccc(c3)-c3nccn3CC2)c(=O)n1. The van der Waals surface area contributed by atoms with Crippen LogP contribution in [-0.2, 0) is 29.1 Å². The predicted octanol–water partition coefficient (Wildman–Crippen LogP) is 3.67. The summed E-state index contributed by atoms with van der Waals surface area (Å²) < 4.78 is 9.54. The van der Waals surface area contributed by atoms with Crippen molar-refractivity contribution in [3.63, 3.8) is 0 Å². The Morgan fingerprint density at radius 3 is 2.42 bits per heavy atom. The standard InChI is InChI=1S/C34H41N7O4/c1-26-23-27(2)41(34(44)37-26)25-32(43)39-17-6-5-16-38(31(42)13-12-29-10-3-4-14-35-29)18-8-22-45-30-11-7-9-28(24-30)33-36-15-19-40(33)21-20-39/h3-4,7,9-11,14-15,19,23-24H,5-6,8,12-13,16-18,20-22,25H2,1-2H3. The maximum absolute atomic E-state index is 13.7. The highest BCUT2D eigenvalue weighted by molar-refractivity contribution is 5.76. The molecule has 1 aromatic carbocycles. The van der Waals surface area contributed by atoms with Gasteiger partial charge in [-0.15, -0.1) is 0 Å². The van der Waals surface area contributed by atoms with Crippen LogP contribution >= 0.6 is 0 Å². The second-order valence-corrected chi connectivity index (χ2v) is 11.4. The van der Waals surface area contributed by atoms with E-state index in [1.165, 1.54) is 4.57 Å². The van der Waals surface area contributed by atoms with Gasteiger partial charge in [-0.25, -0.2) is 9.78 Å². The summed E-state index contributed by atoms with van der Waals surface area (Å²) in [5.41, 5.74) is 2.71. The highest BCUT2D eigenvalue weighted by atomic mass is 16.5. The molecule has 0 radical (unpaired) electrons. The monoisotopic (exact) mass is 611 g/mol. The summed E-state index contributed by atoms with van der Waals surface area (Å²) in [5, 5.41) is 0. The van der Waals surface area contributed by atoms with Gasteiger partial charge in [0.2, 0.25) is 11.8 Å². The fourth-order valence-electron chi connectivity index (χ4n) is 5.62. The molecule has 0 aliphatic carbocycles. The number of pyridine rings is 1. The molecule has 1 aliphatic rings. The van der Waals surface area contributed by atoms with Crippen LogP contribution in [-0.4, -0.2) is 78.5 Å². The lowest BCUT2D eigenvalue weighted by molar-refractivity contribution is -0.133. The van der Waals surface area contributed by atoms with E-state index in [1.54, 1.807) is 30.3 Å². The molecule has 11 heteroatoms. The van der Waals surface area contributed by atoms with Crippen LogP contribution < -0.4 is 10.4 Å². The zero-order chi connectivity index (χ0) is 31.6. The van der Waals surface area contributed by atoms with E-state index in [0.717, 1.165) is 29.3 Å². The Morgan fingerprint density at radius 1 is 0.844 bits per heavy atom. The normalized spacial score (nSPS) is 14.7. The number of aromatic nitrogens is 5. The molecule has 2 bridgehead atoms. The summed E-state index contributed by atoms with van der Waals surface area (Å²) in [7, 11) is 0. The number of carbonyl (C=O) groups excluding carboxylic acids is 2. The highest BCUT2D eigenvalue weighted by Crippen LogP contribution is 2.23. The summed E-state index contributed by atoms with van der Waals surface area (Å²) in [6.07, 6.45) is 8.52. The van der Waals surface area contributed by atoms with Crippen molar-refractivity contribution < 1.29 is 14.3 Å². The van der Waals surface area contributed by atoms with Gasteiger partial charge in [0.15, 0.2) is 0 Å². The molecular formula is C34H41N7O4. The molecule has 2 amide bonds. The van der Waals surface area contributed by atoms with Gasteiger partial charge in [-0.05, 0) is 69.9 Å². The van der Waals surface area contributed by atoms with Gasteiger partial charge in [0.1, 0.15) is 18.1 Å². The number of carbonyl (C=O) groups is 2. The number of hydrogen-bond acceptors (Lipinski definition) is 7. The average molecular weight is 612 g/mol. The molecule has 5 rings (SSSR count). The van der Waals surface area contributed by atoms with Gasteiger partial charge < -0.3 is 19.1 Å². The molecule has 0 saturated heterocycles. The van der Waals surface area contributed by atoms with Crippen molar-refractivity contribution in [2.24, 2.45) is 0 Å². The molecule has 0 fully saturated rings. The highest BCUT2D eigenvalue weighted by Gasteiger charge is 2.19. The Balaban J connectivity index is 1.34. The van der Waals surface area contributed by atoms with Crippen LogP contribution in [0.25, 0.3) is 11.4 Å². The molecule has 0 saturated carbocycles. The van der Waals surface area contributed by atoms with Crippen LogP contribution in [0.5, 0.6) is 5.75 Å². The summed E-state index contributed by atoms with van der Waals surface area (Å²) in [6.45, 7) is 6.64. The zero-order valence-electron chi connectivity index (χ0n) is 26.1. The number of ether oxygens (including phenoxy) is 1. The van der Waals surface area contributed by atoms with Gasteiger partial charge >= 0.3 is 5.69 Å². The molecule has 3 aromatic heterocycles. The average Bonchev–Trinajstić information content (AvgIpc) is 3.51. The third-order valence-corrected chi connectivity index (χ3v) is 8.03. The summed E-state index contributed by atoms with van der Waals surface area (Å²) in [4.78, 5) is 56.3. The van der Waals surface area contributed by atoms with Gasteiger partial charge in [-0.3, -0.25) is 19.1 Å². The Morgan fingerprint density at radius 2 is 1.64 bits per heavy atom. The van der Waals surface area contributed by atoms with E-state index in [4.69, 9.17) is 4.74 Å². The van der Waals surface area contributed by atoms with Gasteiger partial charge in [0, 0.05) is 80.4 Å². The Kier molecular flexibility index (Phi) is 10.7. The van der Waals surface area contributed by atoms with Crippen molar-refractivity contribution in [1.82, 2.24) is 33.9 Å². The second kappa shape index (κ2) is 15.3. The molecular weight excluding hydrogens is 570 g/mol. The Labute approximate surface area is 263 Å². The van der Waals surface area contributed by atoms with E-state index in [0.29, 0.717) is 76.4 Å². The Hall–Kier alpha value is -4.80. The number of rotatable bonds is 5. The largest absolute Gasteiger partial charge is 0.494 e. The van der Waals surface area contributed by atoms with Crippen molar-refractivity contribution in [3.05, 3.63) is 94.7 Å². The fraction of sp³-hybridized carbons (Fsp3) is 0.412. The Bertz CT molecular complexity index is 1650. The zero-order valence-corrected chi connectivity index (χ0v) is 26.1. The first-order chi connectivity index (χ1) is 21.9. The van der Waals surface area contributed by atoms with Gasteiger partial charge in [0.25, 0.3) is 0 Å². The van der Waals surface area contributed by atoms with Crippen molar-refractivity contribution in [2.45, 2.75) is 59.0 Å². The first kappa shape index (κ1) is 31.6. The predicted molar refractivity (Wildman–Crippen MR) is 171 cm³/mol. The van der Waals surface area contributed by atoms with E-state index in [2.05, 4.69) is 15.0 Å². The topological polar surface area (TPSA) is 115 Å².